The predicted octanol–water partition coefficient (Wildman–Crippen LogP) is 0.995. The van der Waals surface area contributed by atoms with Crippen LogP contribution in [0.25, 0.3) is 10.9 Å². The summed E-state index contributed by atoms with van der Waals surface area (Å²) in [6.07, 6.45) is 0.422. The van der Waals surface area contributed by atoms with Gasteiger partial charge in [-0.3, -0.25) is 9.59 Å². The summed E-state index contributed by atoms with van der Waals surface area (Å²) >= 11 is 0. The van der Waals surface area contributed by atoms with Gasteiger partial charge in [0.1, 0.15) is 6.04 Å². The molecule has 1 aliphatic heterocycles. The predicted molar refractivity (Wildman–Crippen MR) is 112 cm³/mol. The molecule has 158 valence electrons. The lowest BCUT2D eigenvalue weighted by Crippen LogP contribution is -2.54. The van der Waals surface area contributed by atoms with Crippen molar-refractivity contribution >= 4 is 26.8 Å². The highest BCUT2D eigenvalue weighted by molar-refractivity contribution is 7.89. The van der Waals surface area contributed by atoms with Gasteiger partial charge in [0.2, 0.25) is 21.5 Å². The zero-order valence-corrected chi connectivity index (χ0v) is 17.8. The van der Waals surface area contributed by atoms with Crippen LogP contribution in [-0.4, -0.2) is 68.4 Å². The molecule has 0 radical (unpaired) electrons. The minimum absolute atomic E-state index is 0.0667. The molecule has 1 aromatic heterocycles. The van der Waals surface area contributed by atoms with Crippen LogP contribution in [0.5, 0.6) is 0 Å². The number of benzene rings is 1. The Labute approximate surface area is 170 Å². The van der Waals surface area contributed by atoms with E-state index in [4.69, 9.17) is 0 Å². The number of carbonyl (C=O) groups excluding carboxylic acids is 1. The topological polar surface area (TPSA) is 103 Å². The SMILES string of the molecule is CC(C)C[C@H](NS(=O)(=O)c1ccc2[nH]c(=O)ccc2c1)C(=O)N1CCN(C)CC1. The highest BCUT2D eigenvalue weighted by atomic mass is 32.2. The molecular weight excluding hydrogens is 392 g/mol. The fraction of sp³-hybridized carbons (Fsp3) is 0.500. The molecule has 3 rings (SSSR count). The number of nitrogens with one attached hydrogen (secondary N) is 2. The molecular formula is C20H28N4O4S. The molecule has 2 aromatic rings. The third-order valence-electron chi connectivity index (χ3n) is 5.12. The number of hydrogen-bond donors (Lipinski definition) is 2. The number of nitrogens with zero attached hydrogens (tertiary/aromatic N) is 2. The van der Waals surface area contributed by atoms with Crippen LogP contribution in [0.3, 0.4) is 0 Å². The molecule has 1 saturated heterocycles. The van der Waals surface area contributed by atoms with Crippen LogP contribution >= 0.6 is 0 Å². The maximum atomic E-state index is 13.0. The Morgan fingerprint density at radius 3 is 2.48 bits per heavy atom. The minimum atomic E-state index is -3.90. The van der Waals surface area contributed by atoms with Crippen LogP contribution in [0, 0.1) is 5.92 Å². The number of H-pyrrole nitrogens is 1. The van der Waals surface area contributed by atoms with Gasteiger partial charge in [-0.25, -0.2) is 8.42 Å². The van der Waals surface area contributed by atoms with Crippen molar-refractivity contribution in [3.8, 4) is 0 Å². The van der Waals surface area contributed by atoms with Crippen molar-refractivity contribution in [3.63, 3.8) is 0 Å². The summed E-state index contributed by atoms with van der Waals surface area (Å²) < 4.78 is 28.6. The molecule has 1 aromatic carbocycles. The number of rotatable bonds is 6. The number of pyridine rings is 1. The van der Waals surface area contributed by atoms with Crippen LogP contribution in [0.4, 0.5) is 0 Å². The van der Waals surface area contributed by atoms with Crippen molar-refractivity contribution in [2.45, 2.75) is 31.2 Å². The molecule has 1 fully saturated rings. The molecule has 29 heavy (non-hydrogen) atoms. The minimum Gasteiger partial charge on any atom is -0.339 e. The van der Waals surface area contributed by atoms with Gasteiger partial charge in [-0.05, 0) is 49.0 Å². The molecule has 2 heterocycles. The molecule has 0 bridgehead atoms. The summed E-state index contributed by atoms with van der Waals surface area (Å²) in [6, 6.07) is 6.62. The van der Waals surface area contributed by atoms with Crippen molar-refractivity contribution in [1.82, 2.24) is 19.5 Å². The molecule has 8 nitrogen and oxygen atoms in total. The van der Waals surface area contributed by atoms with E-state index in [2.05, 4.69) is 14.6 Å². The van der Waals surface area contributed by atoms with E-state index in [-0.39, 0.29) is 22.3 Å². The summed E-state index contributed by atoms with van der Waals surface area (Å²) in [7, 11) is -1.90. The number of aromatic amines is 1. The second-order valence-electron chi connectivity index (χ2n) is 8.00. The maximum absolute atomic E-state index is 13.0. The second-order valence-corrected chi connectivity index (χ2v) is 9.72. The zero-order chi connectivity index (χ0) is 21.2. The molecule has 1 aliphatic rings. The van der Waals surface area contributed by atoms with Crippen LogP contribution < -0.4 is 10.3 Å². The van der Waals surface area contributed by atoms with Crippen LogP contribution in [0.1, 0.15) is 20.3 Å². The lowest BCUT2D eigenvalue weighted by atomic mass is 10.0. The first-order valence-corrected chi connectivity index (χ1v) is 11.3. The van der Waals surface area contributed by atoms with Gasteiger partial charge in [-0.1, -0.05) is 13.8 Å². The molecule has 0 saturated carbocycles. The second kappa shape index (κ2) is 8.64. The van der Waals surface area contributed by atoms with E-state index in [1.165, 1.54) is 18.2 Å². The van der Waals surface area contributed by atoms with E-state index in [0.717, 1.165) is 13.1 Å². The zero-order valence-electron chi connectivity index (χ0n) is 17.0. The summed E-state index contributed by atoms with van der Waals surface area (Å²) in [4.78, 5) is 31.1. The van der Waals surface area contributed by atoms with Gasteiger partial charge in [0.15, 0.2) is 0 Å². The monoisotopic (exact) mass is 420 g/mol. The lowest BCUT2D eigenvalue weighted by molar-refractivity contribution is -0.135. The number of sulfonamides is 1. The van der Waals surface area contributed by atoms with Crippen molar-refractivity contribution < 1.29 is 13.2 Å². The lowest BCUT2D eigenvalue weighted by Gasteiger charge is -2.35. The van der Waals surface area contributed by atoms with Crippen LogP contribution in [0.2, 0.25) is 0 Å². The van der Waals surface area contributed by atoms with Crippen molar-refractivity contribution in [2.24, 2.45) is 5.92 Å². The number of hydrogen-bond acceptors (Lipinski definition) is 5. The molecule has 0 aliphatic carbocycles. The van der Waals surface area contributed by atoms with Gasteiger partial charge in [-0.15, -0.1) is 0 Å². The average Bonchev–Trinajstić information content (AvgIpc) is 2.66. The normalized spacial score (nSPS) is 17.0. The van der Waals surface area contributed by atoms with E-state index < -0.39 is 16.1 Å². The number of aromatic nitrogens is 1. The summed E-state index contributed by atoms with van der Waals surface area (Å²) in [6.45, 7) is 6.66. The number of likely N-dealkylation sites (N-methyl/N-ethyl adjacent to an activating group) is 1. The fourth-order valence-electron chi connectivity index (χ4n) is 3.47. The van der Waals surface area contributed by atoms with E-state index in [1.54, 1.807) is 17.0 Å². The molecule has 1 amide bonds. The first kappa shape index (κ1) is 21.5. The smallest absolute Gasteiger partial charge is 0.248 e. The van der Waals surface area contributed by atoms with E-state index in [0.29, 0.717) is 30.4 Å². The standard InChI is InChI=1S/C20H28N4O4S/c1-14(2)12-18(20(26)24-10-8-23(3)9-11-24)22-29(27,28)16-5-6-17-15(13-16)4-7-19(25)21-17/h4-7,13-14,18,22H,8-12H2,1-3H3,(H,21,25)/t18-/m0/s1. The number of piperazine rings is 1. The Morgan fingerprint density at radius 2 is 1.83 bits per heavy atom. The van der Waals surface area contributed by atoms with Gasteiger partial charge in [0.25, 0.3) is 0 Å². The third-order valence-corrected chi connectivity index (χ3v) is 6.59. The first-order chi connectivity index (χ1) is 13.7. The fourth-order valence-corrected chi connectivity index (χ4v) is 4.71. The largest absolute Gasteiger partial charge is 0.339 e. The Morgan fingerprint density at radius 1 is 1.14 bits per heavy atom. The van der Waals surface area contributed by atoms with Gasteiger partial charge in [-0.2, -0.15) is 4.72 Å². The maximum Gasteiger partial charge on any atom is 0.248 e. The molecule has 2 N–H and O–H groups in total. The van der Waals surface area contributed by atoms with Gasteiger partial charge >= 0.3 is 0 Å². The summed E-state index contributed by atoms with van der Waals surface area (Å²) in [5.74, 6) is -0.0266. The summed E-state index contributed by atoms with van der Waals surface area (Å²) in [5.41, 5.74) is 0.310. The highest BCUT2D eigenvalue weighted by Gasteiger charge is 2.31. The van der Waals surface area contributed by atoms with Gasteiger partial charge < -0.3 is 14.8 Å². The molecule has 0 spiro atoms. The Bertz CT molecular complexity index is 1040. The van der Waals surface area contributed by atoms with Crippen molar-refractivity contribution in [1.29, 1.82) is 0 Å². The Balaban J connectivity index is 1.84. The number of amides is 1. The number of carbonyl (C=O) groups is 1. The van der Waals surface area contributed by atoms with E-state index in [1.807, 2.05) is 20.9 Å². The van der Waals surface area contributed by atoms with Gasteiger partial charge in [0, 0.05) is 37.8 Å². The average molecular weight is 421 g/mol. The Hall–Kier alpha value is -2.23. The van der Waals surface area contributed by atoms with Gasteiger partial charge in [0.05, 0.1) is 4.90 Å². The van der Waals surface area contributed by atoms with Crippen molar-refractivity contribution in [2.75, 3.05) is 33.2 Å². The quantitative estimate of drug-likeness (QED) is 0.726. The third kappa shape index (κ3) is 5.23. The molecule has 0 unspecified atom stereocenters. The molecule has 1 atom stereocenters. The van der Waals surface area contributed by atoms with Crippen LogP contribution in [0.15, 0.2) is 40.0 Å². The highest BCUT2D eigenvalue weighted by Crippen LogP contribution is 2.18. The summed E-state index contributed by atoms with van der Waals surface area (Å²) in [5, 5.41) is 0.610. The van der Waals surface area contributed by atoms with E-state index in [9.17, 15) is 18.0 Å². The van der Waals surface area contributed by atoms with E-state index >= 15 is 0 Å². The first-order valence-electron chi connectivity index (χ1n) is 9.78. The van der Waals surface area contributed by atoms with Crippen LogP contribution in [-0.2, 0) is 14.8 Å². The Kier molecular flexibility index (Phi) is 6.40. The number of fused-ring (bicyclic) bond motifs is 1. The molecule has 9 heteroatoms. The van der Waals surface area contributed by atoms with Crippen molar-refractivity contribution in [3.05, 3.63) is 40.7 Å².